The molecule has 1 unspecified atom stereocenters. The second kappa shape index (κ2) is 5.66. The molecule has 1 heterocycles. The minimum absolute atomic E-state index is 0.0918. The van der Waals surface area contributed by atoms with Crippen LogP contribution in [0.25, 0.3) is 0 Å². The van der Waals surface area contributed by atoms with Crippen LogP contribution in [-0.2, 0) is 12.8 Å². The fraction of sp³-hybridized carbons (Fsp3) is 0.333. The normalized spacial score (nSPS) is 17.1. The Balaban J connectivity index is 1.81. The van der Waals surface area contributed by atoms with Gasteiger partial charge in [0.15, 0.2) is 0 Å². The van der Waals surface area contributed by atoms with Crippen molar-refractivity contribution in [2.24, 2.45) is 0 Å². The van der Waals surface area contributed by atoms with Gasteiger partial charge in [0, 0.05) is 16.3 Å². The van der Waals surface area contributed by atoms with Crippen LogP contribution in [0, 0.1) is 0 Å². The molecule has 0 amide bonds. The maximum absolute atomic E-state index is 6.25. The molecule has 2 aromatic carbocycles. The molecule has 0 aromatic heterocycles. The van der Waals surface area contributed by atoms with E-state index in [1.165, 1.54) is 11.1 Å². The maximum atomic E-state index is 6.25. The van der Waals surface area contributed by atoms with E-state index in [0.29, 0.717) is 0 Å². The molecule has 0 radical (unpaired) electrons. The summed E-state index contributed by atoms with van der Waals surface area (Å²) in [5.41, 5.74) is 3.64. The van der Waals surface area contributed by atoms with E-state index in [0.717, 1.165) is 29.2 Å². The lowest BCUT2D eigenvalue weighted by Crippen LogP contribution is -2.24. The van der Waals surface area contributed by atoms with Crippen LogP contribution < -0.4 is 4.74 Å². The first-order chi connectivity index (χ1) is 9.94. The van der Waals surface area contributed by atoms with Crippen molar-refractivity contribution in [3.8, 4) is 5.75 Å². The SMILES string of the molecule is CC1(C)Cc2cc(C(Br)Cc3ccccc3Cl)ccc2O1. The monoisotopic (exact) mass is 364 g/mol. The molecule has 0 aliphatic carbocycles. The highest BCUT2D eigenvalue weighted by Crippen LogP contribution is 2.38. The molecule has 0 N–H and O–H groups in total. The predicted molar refractivity (Wildman–Crippen MR) is 91.7 cm³/mol. The molecule has 3 rings (SSSR count). The van der Waals surface area contributed by atoms with Gasteiger partial charge in [0.05, 0.1) is 0 Å². The molecule has 0 saturated carbocycles. The van der Waals surface area contributed by atoms with Crippen molar-refractivity contribution in [1.82, 2.24) is 0 Å². The van der Waals surface area contributed by atoms with Gasteiger partial charge in [0.1, 0.15) is 11.4 Å². The first-order valence-corrected chi connectivity index (χ1v) is 8.43. The van der Waals surface area contributed by atoms with Crippen molar-refractivity contribution >= 4 is 27.5 Å². The molecule has 0 bridgehead atoms. The summed E-state index contributed by atoms with van der Waals surface area (Å²) in [7, 11) is 0. The molecule has 1 atom stereocenters. The zero-order valence-corrected chi connectivity index (χ0v) is 14.5. The van der Waals surface area contributed by atoms with Crippen molar-refractivity contribution in [2.75, 3.05) is 0 Å². The number of fused-ring (bicyclic) bond motifs is 1. The first kappa shape index (κ1) is 14.9. The molecule has 1 nitrogen and oxygen atoms in total. The molecule has 3 heteroatoms. The second-order valence-electron chi connectivity index (χ2n) is 6.17. The topological polar surface area (TPSA) is 9.23 Å². The largest absolute Gasteiger partial charge is 0.487 e. The number of halogens is 2. The standard InChI is InChI=1S/C18H18BrClO/c1-18(2)11-14-9-12(7-8-17(14)21-18)15(19)10-13-5-3-4-6-16(13)20/h3-9,15H,10-11H2,1-2H3. The molecule has 110 valence electrons. The van der Waals surface area contributed by atoms with Crippen LogP contribution in [0.1, 0.15) is 35.4 Å². The third-order valence-corrected chi connectivity index (χ3v) is 5.03. The fourth-order valence-corrected chi connectivity index (χ4v) is 3.65. The lowest BCUT2D eigenvalue weighted by atomic mass is 9.98. The number of alkyl halides is 1. The average Bonchev–Trinajstić information content (AvgIpc) is 2.74. The molecular weight excluding hydrogens is 348 g/mol. The zero-order chi connectivity index (χ0) is 15.0. The minimum Gasteiger partial charge on any atom is -0.487 e. The highest BCUT2D eigenvalue weighted by molar-refractivity contribution is 9.09. The van der Waals surface area contributed by atoms with Crippen molar-refractivity contribution < 1.29 is 4.74 Å². The maximum Gasteiger partial charge on any atom is 0.123 e. The average molecular weight is 366 g/mol. The summed E-state index contributed by atoms with van der Waals surface area (Å²) in [5.74, 6) is 1.01. The van der Waals surface area contributed by atoms with Crippen LogP contribution in [0.2, 0.25) is 5.02 Å². The number of hydrogen-bond donors (Lipinski definition) is 0. The predicted octanol–water partition coefficient (Wildman–Crippen LogP) is 5.73. The van der Waals surface area contributed by atoms with Gasteiger partial charge < -0.3 is 4.74 Å². The summed E-state index contributed by atoms with van der Waals surface area (Å²) in [4.78, 5) is 0.256. The highest BCUT2D eigenvalue weighted by Gasteiger charge is 2.30. The van der Waals surface area contributed by atoms with Gasteiger partial charge in [-0.3, -0.25) is 0 Å². The quantitative estimate of drug-likeness (QED) is 0.631. The summed E-state index contributed by atoms with van der Waals surface area (Å²) in [6, 6.07) is 14.5. The third kappa shape index (κ3) is 3.27. The van der Waals surface area contributed by atoms with E-state index in [4.69, 9.17) is 16.3 Å². The van der Waals surface area contributed by atoms with E-state index in [2.05, 4.69) is 54.0 Å². The van der Waals surface area contributed by atoms with Crippen molar-refractivity contribution in [1.29, 1.82) is 0 Å². The van der Waals surface area contributed by atoms with Gasteiger partial charge in [-0.15, -0.1) is 0 Å². The lowest BCUT2D eigenvalue weighted by Gasteiger charge is -2.16. The molecule has 21 heavy (non-hydrogen) atoms. The molecule has 2 aromatic rings. The summed E-state index contributed by atoms with van der Waals surface area (Å²) in [6.07, 6.45) is 1.84. The molecule has 1 aliphatic heterocycles. The fourth-order valence-electron chi connectivity index (χ4n) is 2.80. The van der Waals surface area contributed by atoms with E-state index in [9.17, 15) is 0 Å². The van der Waals surface area contributed by atoms with E-state index in [1.807, 2.05) is 18.2 Å². The first-order valence-electron chi connectivity index (χ1n) is 7.14. The van der Waals surface area contributed by atoms with Gasteiger partial charge in [-0.2, -0.15) is 0 Å². The third-order valence-electron chi connectivity index (χ3n) is 3.81. The van der Waals surface area contributed by atoms with Crippen LogP contribution in [-0.4, -0.2) is 5.60 Å². The van der Waals surface area contributed by atoms with Crippen LogP contribution in [0.5, 0.6) is 5.75 Å². The Kier molecular flexibility index (Phi) is 4.02. The lowest BCUT2D eigenvalue weighted by molar-refractivity contribution is 0.138. The van der Waals surface area contributed by atoms with Gasteiger partial charge in [-0.1, -0.05) is 57.9 Å². The van der Waals surface area contributed by atoms with Crippen LogP contribution in [0.4, 0.5) is 0 Å². The second-order valence-corrected chi connectivity index (χ2v) is 7.68. The van der Waals surface area contributed by atoms with E-state index in [1.54, 1.807) is 0 Å². The summed E-state index contributed by atoms with van der Waals surface area (Å²) < 4.78 is 5.93. The molecular formula is C18H18BrClO. The summed E-state index contributed by atoms with van der Waals surface area (Å²) in [5, 5.41) is 0.826. The molecule has 0 spiro atoms. The Morgan fingerprint density at radius 3 is 2.76 bits per heavy atom. The summed E-state index contributed by atoms with van der Waals surface area (Å²) >= 11 is 10.0. The van der Waals surface area contributed by atoms with Gasteiger partial charge in [-0.25, -0.2) is 0 Å². The van der Waals surface area contributed by atoms with E-state index in [-0.39, 0.29) is 10.4 Å². The Bertz CT molecular complexity index is 666. The van der Waals surface area contributed by atoms with E-state index < -0.39 is 0 Å². The smallest absolute Gasteiger partial charge is 0.123 e. The number of rotatable bonds is 3. The van der Waals surface area contributed by atoms with Crippen molar-refractivity contribution in [3.63, 3.8) is 0 Å². The molecule has 0 fully saturated rings. The number of hydrogen-bond acceptors (Lipinski definition) is 1. The minimum atomic E-state index is -0.0918. The van der Waals surface area contributed by atoms with Crippen molar-refractivity contribution in [2.45, 2.75) is 37.1 Å². The van der Waals surface area contributed by atoms with Crippen molar-refractivity contribution in [3.05, 3.63) is 64.2 Å². The van der Waals surface area contributed by atoms with Crippen LogP contribution in [0.15, 0.2) is 42.5 Å². The van der Waals surface area contributed by atoms with Gasteiger partial charge >= 0.3 is 0 Å². The van der Waals surface area contributed by atoms with Gasteiger partial charge in [0.25, 0.3) is 0 Å². The van der Waals surface area contributed by atoms with E-state index >= 15 is 0 Å². The van der Waals surface area contributed by atoms with Gasteiger partial charge in [-0.05, 0) is 49.1 Å². The van der Waals surface area contributed by atoms with Crippen LogP contribution >= 0.6 is 27.5 Å². The number of benzene rings is 2. The molecule has 0 saturated heterocycles. The zero-order valence-electron chi connectivity index (χ0n) is 12.2. The van der Waals surface area contributed by atoms with Crippen LogP contribution in [0.3, 0.4) is 0 Å². The molecule has 1 aliphatic rings. The summed E-state index contributed by atoms with van der Waals surface area (Å²) in [6.45, 7) is 4.25. The number of ether oxygens (including phenoxy) is 1. The Morgan fingerprint density at radius 2 is 2.00 bits per heavy atom. The van der Waals surface area contributed by atoms with Gasteiger partial charge in [0.2, 0.25) is 0 Å². The highest BCUT2D eigenvalue weighted by atomic mass is 79.9. The Hall–Kier alpha value is -0.990. The Morgan fingerprint density at radius 1 is 1.24 bits per heavy atom. The Labute approximate surface area is 139 Å².